The predicted molar refractivity (Wildman–Crippen MR) is 142 cm³/mol. The fourth-order valence-electron chi connectivity index (χ4n) is 3.83. The minimum atomic E-state index is -3.18. The lowest BCUT2D eigenvalue weighted by molar-refractivity contribution is -0.145. The Balaban J connectivity index is 1.26. The maximum absolute atomic E-state index is 12.9. The highest BCUT2D eigenvalue weighted by atomic mass is 31.2. The van der Waals surface area contributed by atoms with E-state index in [2.05, 4.69) is 32.3 Å². The van der Waals surface area contributed by atoms with Crippen LogP contribution in [0.4, 0.5) is 23.1 Å². The molecule has 3 N–H and O–H groups in total. The van der Waals surface area contributed by atoms with Crippen LogP contribution in [0.25, 0.3) is 10.9 Å². The van der Waals surface area contributed by atoms with Crippen LogP contribution in [0.1, 0.15) is 12.5 Å². The monoisotopic (exact) mass is 519 g/mol. The fourth-order valence-corrected chi connectivity index (χ4v) is 5.02. The Morgan fingerprint density at radius 3 is 2.78 bits per heavy atom. The molecule has 0 radical (unpaired) electrons. The lowest BCUT2D eigenvalue weighted by atomic mass is 10.1. The molecule has 0 spiro atoms. The highest BCUT2D eigenvalue weighted by molar-refractivity contribution is 7.66. The molecule has 11 nitrogen and oxygen atoms in total. The Morgan fingerprint density at radius 1 is 1.14 bits per heavy atom. The van der Waals surface area contributed by atoms with Crippen molar-refractivity contribution in [2.75, 3.05) is 35.6 Å². The van der Waals surface area contributed by atoms with E-state index in [1.807, 2.05) is 29.3 Å². The number of rotatable bonds is 9. The zero-order valence-electron chi connectivity index (χ0n) is 20.3. The Labute approximate surface area is 213 Å². The fraction of sp³-hybridized carbons (Fsp3) is 0.200. The highest BCUT2D eigenvalue weighted by Crippen LogP contribution is 2.41. The van der Waals surface area contributed by atoms with Gasteiger partial charge in [-0.2, -0.15) is 0 Å². The zero-order chi connectivity index (χ0) is 25.8. The summed E-state index contributed by atoms with van der Waals surface area (Å²) in [6.45, 7) is 3.62. The number of hydrogen-bond acceptors (Lipinski definition) is 11. The number of nitrogens with one attached hydrogen (secondary N) is 3. The van der Waals surface area contributed by atoms with Gasteiger partial charge in [-0.3, -0.25) is 20.0 Å². The number of anilines is 4. The molecule has 2 aromatic heterocycles. The third-order valence-corrected chi connectivity index (χ3v) is 7.53. The first kappa shape index (κ1) is 24.6. The molecule has 0 amide bonds. The van der Waals surface area contributed by atoms with Crippen LogP contribution >= 0.6 is 7.37 Å². The van der Waals surface area contributed by atoms with Crippen molar-refractivity contribution in [3.63, 3.8) is 0 Å². The van der Waals surface area contributed by atoms with Crippen molar-refractivity contribution < 1.29 is 18.6 Å². The maximum Gasteiger partial charge on any atom is 0.332 e. The van der Waals surface area contributed by atoms with Crippen LogP contribution in [0.5, 0.6) is 0 Å². The highest BCUT2D eigenvalue weighted by Gasteiger charge is 2.23. The summed E-state index contributed by atoms with van der Waals surface area (Å²) in [6.07, 6.45) is 3.41. The molecular formula is C25H26N7O4P. The predicted octanol–water partition coefficient (Wildman–Crippen LogP) is 3.73. The summed E-state index contributed by atoms with van der Waals surface area (Å²) in [7, 11) is -3.18. The van der Waals surface area contributed by atoms with E-state index in [0.29, 0.717) is 29.3 Å². The molecule has 4 aromatic rings. The topological polar surface area (TPSA) is 131 Å². The molecule has 37 heavy (non-hydrogen) atoms. The zero-order valence-corrected chi connectivity index (χ0v) is 21.2. The summed E-state index contributed by atoms with van der Waals surface area (Å²) in [5.74, 6) is 1.27. The van der Waals surface area contributed by atoms with Crippen molar-refractivity contribution in [3.8, 4) is 0 Å². The number of aromatic nitrogens is 3. The molecule has 0 aliphatic carbocycles. The van der Waals surface area contributed by atoms with Crippen molar-refractivity contribution in [2.24, 2.45) is 0 Å². The summed E-state index contributed by atoms with van der Waals surface area (Å²) in [5.41, 5.74) is 8.90. The Morgan fingerprint density at radius 2 is 1.97 bits per heavy atom. The molecule has 2 aromatic carbocycles. The molecule has 0 saturated carbocycles. The van der Waals surface area contributed by atoms with Gasteiger partial charge >= 0.3 is 5.97 Å². The lowest BCUT2D eigenvalue weighted by Gasteiger charge is -2.17. The smallest absolute Gasteiger partial charge is 0.332 e. The summed E-state index contributed by atoms with van der Waals surface area (Å²) in [5, 5.41) is 6.66. The van der Waals surface area contributed by atoms with Crippen molar-refractivity contribution in [2.45, 2.75) is 13.5 Å². The molecule has 0 fully saturated rings. The minimum Gasteiger partial charge on any atom is -0.464 e. The van der Waals surface area contributed by atoms with Gasteiger partial charge in [-0.25, -0.2) is 14.8 Å². The molecule has 12 heteroatoms. The van der Waals surface area contributed by atoms with Crippen molar-refractivity contribution in [1.82, 2.24) is 20.5 Å². The van der Waals surface area contributed by atoms with E-state index in [1.165, 1.54) is 6.66 Å². The second-order valence-electron chi connectivity index (χ2n) is 8.38. The summed E-state index contributed by atoms with van der Waals surface area (Å²) in [4.78, 5) is 25.1. The van der Waals surface area contributed by atoms with Gasteiger partial charge in [0.2, 0.25) is 7.37 Å². The average Bonchev–Trinajstić information content (AvgIpc) is 3.30. The van der Waals surface area contributed by atoms with Crippen molar-refractivity contribution in [1.29, 1.82) is 0 Å². The van der Waals surface area contributed by atoms with Gasteiger partial charge in [0.05, 0.1) is 24.9 Å². The molecule has 1 unspecified atom stereocenters. The van der Waals surface area contributed by atoms with Gasteiger partial charge < -0.3 is 14.6 Å². The van der Waals surface area contributed by atoms with Gasteiger partial charge in [0.25, 0.3) is 0 Å². The van der Waals surface area contributed by atoms with E-state index in [4.69, 9.17) is 14.2 Å². The van der Waals surface area contributed by atoms with Crippen LogP contribution in [0.3, 0.4) is 0 Å². The minimum absolute atomic E-state index is 0.243. The first-order valence-corrected chi connectivity index (χ1v) is 13.7. The standard InChI is InChI=1S/C25H26N7O4P/c1-3-35-23(33)16-36-37(2,34)20-9-7-19(8-10-20)28-22-14-27-24-25(29-22)32(31-30-24)15-17-6-11-21-18(13-17)5-4-12-26-21/h4-14,31H,3,15-16H2,1-2H3,(H,27,30)(H,28,29). The number of pyridine rings is 1. The first-order chi connectivity index (χ1) is 17.9. The number of ether oxygens (including phenoxy) is 1. The van der Waals surface area contributed by atoms with Gasteiger partial charge in [-0.05, 0) is 55.0 Å². The Kier molecular flexibility index (Phi) is 7.00. The van der Waals surface area contributed by atoms with Crippen molar-refractivity contribution >= 4 is 52.7 Å². The summed E-state index contributed by atoms with van der Waals surface area (Å²) < 4.78 is 23.0. The van der Waals surface area contributed by atoms with E-state index in [9.17, 15) is 9.36 Å². The van der Waals surface area contributed by atoms with Gasteiger partial charge in [0.1, 0.15) is 0 Å². The van der Waals surface area contributed by atoms with Crippen LogP contribution in [0.15, 0.2) is 67.0 Å². The number of esters is 1. The van der Waals surface area contributed by atoms with Crippen LogP contribution in [0, 0.1) is 0 Å². The molecule has 1 aliphatic rings. The van der Waals surface area contributed by atoms with Crippen LogP contribution in [-0.2, 0) is 25.2 Å². The molecule has 190 valence electrons. The largest absolute Gasteiger partial charge is 0.464 e. The molecule has 5 rings (SSSR count). The molecule has 1 aliphatic heterocycles. The van der Waals surface area contributed by atoms with Gasteiger partial charge in [0, 0.05) is 29.2 Å². The van der Waals surface area contributed by atoms with E-state index < -0.39 is 13.3 Å². The Hall–Kier alpha value is -4.05. The van der Waals surface area contributed by atoms with E-state index in [0.717, 1.165) is 22.2 Å². The van der Waals surface area contributed by atoms with Crippen LogP contribution in [-0.4, -0.2) is 40.8 Å². The Bertz CT molecular complexity index is 1480. The second-order valence-corrected chi connectivity index (χ2v) is 10.8. The normalized spacial score (nSPS) is 14.1. The third kappa shape index (κ3) is 5.69. The third-order valence-electron chi connectivity index (χ3n) is 5.67. The number of benzene rings is 2. The quantitative estimate of drug-likeness (QED) is 0.221. The van der Waals surface area contributed by atoms with Gasteiger partial charge in [-0.15, -0.1) is 5.53 Å². The molecule has 3 heterocycles. The summed E-state index contributed by atoms with van der Waals surface area (Å²) in [6, 6.07) is 17.0. The number of hydrazine groups is 2. The summed E-state index contributed by atoms with van der Waals surface area (Å²) >= 11 is 0. The van der Waals surface area contributed by atoms with E-state index >= 15 is 0 Å². The average molecular weight is 520 g/mol. The van der Waals surface area contributed by atoms with Gasteiger partial charge in [-0.1, -0.05) is 12.1 Å². The number of nitrogens with zero attached hydrogens (tertiary/aromatic N) is 4. The molecular weight excluding hydrogens is 493 g/mol. The van der Waals surface area contributed by atoms with E-state index in [-0.39, 0.29) is 13.2 Å². The maximum atomic E-state index is 12.9. The van der Waals surface area contributed by atoms with Crippen molar-refractivity contribution in [3.05, 3.63) is 72.6 Å². The number of fused-ring (bicyclic) bond motifs is 2. The van der Waals surface area contributed by atoms with Gasteiger partial charge in [0.15, 0.2) is 24.1 Å². The SMILES string of the molecule is CCOC(=O)COP(C)(=O)c1ccc(Nc2cnc3c(n2)N(Cc2ccc4ncccc4c2)NN3)cc1. The van der Waals surface area contributed by atoms with Crippen LogP contribution in [0.2, 0.25) is 0 Å². The number of carbonyl (C=O) groups excluding carboxylic acids is 1. The molecule has 1 atom stereocenters. The second kappa shape index (κ2) is 10.5. The number of hydrogen-bond donors (Lipinski definition) is 3. The number of carbonyl (C=O) groups is 1. The van der Waals surface area contributed by atoms with E-state index in [1.54, 1.807) is 43.6 Å². The molecule has 0 bridgehead atoms. The lowest BCUT2D eigenvalue weighted by Crippen LogP contribution is -2.35. The molecule has 0 saturated heterocycles. The first-order valence-electron chi connectivity index (χ1n) is 11.7. The van der Waals surface area contributed by atoms with Crippen LogP contribution < -0.4 is 26.6 Å².